The van der Waals surface area contributed by atoms with Crippen LogP contribution in [0.2, 0.25) is 0 Å². The SMILES string of the molecule is Cc1cc(C)c(C2[CH-]C(c3c(C)cc(C)cc3C)CC2)c(C)c1.PC1CCCCC1.PC1CCCCC1.PC1CCCCC1.[Cl-].[Ru+2]. The van der Waals surface area contributed by atoms with Crippen molar-refractivity contribution in [3.05, 3.63) is 75.2 Å². The molecule has 0 N–H and O–H groups in total. The van der Waals surface area contributed by atoms with E-state index >= 15 is 0 Å². The predicted octanol–water partition coefficient (Wildman–Crippen LogP) is 9.99. The van der Waals surface area contributed by atoms with Crippen LogP contribution < -0.4 is 12.4 Å². The predicted molar refractivity (Wildman–Crippen MR) is 210 cm³/mol. The number of hydrogen-bond donors (Lipinski definition) is 0. The third-order valence-corrected chi connectivity index (χ3v) is 12.4. The molecule has 0 aromatic heterocycles. The molecule has 0 radical (unpaired) electrons. The number of hydrogen-bond acceptors (Lipinski definition) is 0. The minimum Gasteiger partial charge on any atom is -1.00 e. The first kappa shape index (κ1) is 44.7. The Hall–Kier alpha value is 0.643. The molecule has 0 bridgehead atoms. The molecule has 0 amide bonds. The van der Waals surface area contributed by atoms with Gasteiger partial charge in [-0.05, 0) is 119 Å². The molecule has 0 aliphatic heterocycles. The molecule has 0 nitrogen and oxygen atoms in total. The van der Waals surface area contributed by atoms with Gasteiger partial charge in [0.05, 0.1) is 0 Å². The Bertz CT molecular complexity index is 969. The van der Waals surface area contributed by atoms with E-state index < -0.39 is 0 Å². The fourth-order valence-corrected chi connectivity index (χ4v) is 9.68. The molecular formula is C41H68ClP3Ru. The normalized spacial score (nSPS) is 22.0. The minimum absolute atomic E-state index is 0. The van der Waals surface area contributed by atoms with Crippen LogP contribution in [0.25, 0.3) is 0 Å². The van der Waals surface area contributed by atoms with Crippen LogP contribution in [0.15, 0.2) is 24.3 Å². The smallest absolute Gasteiger partial charge is 1.00 e. The summed E-state index contributed by atoms with van der Waals surface area (Å²) in [5.74, 6) is 1.22. The quantitative estimate of drug-likeness (QED) is 0.162. The summed E-state index contributed by atoms with van der Waals surface area (Å²) in [4.78, 5) is 0. The Labute approximate surface area is 312 Å². The van der Waals surface area contributed by atoms with E-state index in [1.54, 1.807) is 11.1 Å². The summed E-state index contributed by atoms with van der Waals surface area (Å²) < 4.78 is 0. The molecule has 4 fully saturated rings. The standard InChI is InChI=1S/C23H29.3C6H13P.ClH.Ru/c1-14-9-16(3)22(17(4)10-14)20-7-8-21(13-20)23-18(5)11-15(2)12-19(23)6;3*7-6-4-2-1-3-5-6;;/h9-13,20-21H,7-8H2,1-6H3;3*6H,1-5,7H2;1H;/q-1;;;;;+2/p-1. The molecule has 6 rings (SSSR count). The van der Waals surface area contributed by atoms with Gasteiger partial charge in [-0.25, -0.2) is 0 Å². The molecule has 0 spiro atoms. The van der Waals surface area contributed by atoms with Gasteiger partial charge in [0, 0.05) is 0 Å². The third kappa shape index (κ3) is 15.7. The first-order chi connectivity index (χ1) is 21.0. The summed E-state index contributed by atoms with van der Waals surface area (Å²) in [6.45, 7) is 13.5. The van der Waals surface area contributed by atoms with Gasteiger partial charge in [0.2, 0.25) is 0 Å². The summed E-state index contributed by atoms with van der Waals surface area (Å²) in [7, 11) is 8.72. The molecule has 0 heterocycles. The van der Waals surface area contributed by atoms with Gasteiger partial charge < -0.3 is 18.8 Å². The zero-order chi connectivity index (χ0) is 32.1. The molecule has 5 heteroatoms. The van der Waals surface area contributed by atoms with Gasteiger partial charge >= 0.3 is 19.5 Å². The molecule has 262 valence electrons. The van der Waals surface area contributed by atoms with Crippen molar-refractivity contribution >= 4 is 27.7 Å². The summed E-state index contributed by atoms with van der Waals surface area (Å²) in [6, 6.07) is 9.36. The van der Waals surface area contributed by atoms with E-state index in [4.69, 9.17) is 0 Å². The molecular weight excluding hydrogens is 722 g/mol. The van der Waals surface area contributed by atoms with Crippen molar-refractivity contribution in [3.63, 3.8) is 0 Å². The maximum absolute atomic E-state index is 2.91. The van der Waals surface area contributed by atoms with Crippen LogP contribution in [-0.2, 0) is 19.5 Å². The van der Waals surface area contributed by atoms with Gasteiger partial charge in [-0.3, -0.25) is 0 Å². The molecule has 2 aromatic carbocycles. The minimum atomic E-state index is 0. The van der Waals surface area contributed by atoms with E-state index in [0.29, 0.717) is 11.8 Å². The number of benzene rings is 2. The van der Waals surface area contributed by atoms with Crippen LogP contribution in [-0.4, -0.2) is 17.0 Å². The van der Waals surface area contributed by atoms with Crippen molar-refractivity contribution in [3.8, 4) is 0 Å². The Morgan fingerprint density at radius 3 is 0.870 bits per heavy atom. The molecule has 4 aliphatic rings. The van der Waals surface area contributed by atoms with Crippen LogP contribution in [0.4, 0.5) is 0 Å². The van der Waals surface area contributed by atoms with Gasteiger partial charge in [-0.1, -0.05) is 117 Å². The van der Waals surface area contributed by atoms with E-state index in [1.165, 1.54) is 143 Å². The summed E-state index contributed by atoms with van der Waals surface area (Å²) in [6.07, 6.45) is 27.1. The van der Waals surface area contributed by atoms with Crippen molar-refractivity contribution in [1.82, 2.24) is 0 Å². The molecule has 2 aromatic rings. The first-order valence-electron chi connectivity index (χ1n) is 18.3. The van der Waals surface area contributed by atoms with Gasteiger partial charge in [-0.15, -0.1) is 39.6 Å². The van der Waals surface area contributed by atoms with Gasteiger partial charge in [-0.2, -0.15) is 0 Å². The van der Waals surface area contributed by atoms with Gasteiger partial charge in [0.15, 0.2) is 0 Å². The summed E-state index contributed by atoms with van der Waals surface area (Å²) >= 11 is 0. The van der Waals surface area contributed by atoms with Crippen LogP contribution >= 0.6 is 27.7 Å². The number of rotatable bonds is 2. The Morgan fingerprint density at radius 1 is 0.435 bits per heavy atom. The van der Waals surface area contributed by atoms with Crippen LogP contribution in [0, 0.1) is 48.0 Å². The van der Waals surface area contributed by atoms with Gasteiger partial charge in [0.25, 0.3) is 0 Å². The molecule has 0 saturated heterocycles. The van der Waals surface area contributed by atoms with E-state index in [9.17, 15) is 0 Å². The average Bonchev–Trinajstić information content (AvgIpc) is 3.43. The van der Waals surface area contributed by atoms with E-state index in [0.717, 1.165) is 17.0 Å². The topological polar surface area (TPSA) is 0 Å². The largest absolute Gasteiger partial charge is 2.00 e. The summed E-state index contributed by atoms with van der Waals surface area (Å²) in [5.41, 5.74) is 14.6. The number of halogens is 1. The third-order valence-electron chi connectivity index (χ3n) is 10.4. The summed E-state index contributed by atoms with van der Waals surface area (Å²) in [5, 5.41) is 0. The molecule has 5 unspecified atom stereocenters. The molecule has 4 aliphatic carbocycles. The zero-order valence-corrected chi connectivity index (χ0v) is 36.2. The van der Waals surface area contributed by atoms with Crippen molar-refractivity contribution in [2.75, 3.05) is 0 Å². The van der Waals surface area contributed by atoms with Crippen LogP contribution in [0.1, 0.15) is 165 Å². The second-order valence-electron chi connectivity index (χ2n) is 14.8. The fraction of sp³-hybridized carbons (Fsp3) is 0.683. The van der Waals surface area contributed by atoms with Crippen molar-refractivity contribution < 1.29 is 31.9 Å². The zero-order valence-electron chi connectivity index (χ0n) is 30.3. The first-order valence-corrected chi connectivity index (χ1v) is 20.3. The fourth-order valence-electron chi connectivity index (χ4n) is 8.27. The van der Waals surface area contributed by atoms with Crippen LogP contribution in [0.5, 0.6) is 0 Å². The Morgan fingerprint density at radius 2 is 0.674 bits per heavy atom. The van der Waals surface area contributed by atoms with Gasteiger partial charge in [0.1, 0.15) is 0 Å². The van der Waals surface area contributed by atoms with E-state index in [-0.39, 0.29) is 31.9 Å². The van der Waals surface area contributed by atoms with E-state index in [1.807, 2.05) is 0 Å². The van der Waals surface area contributed by atoms with Crippen LogP contribution in [0.3, 0.4) is 0 Å². The van der Waals surface area contributed by atoms with Crippen molar-refractivity contribution in [2.45, 2.75) is 180 Å². The number of aryl methyl sites for hydroxylation is 6. The molecule has 46 heavy (non-hydrogen) atoms. The maximum Gasteiger partial charge on any atom is 2.00 e. The monoisotopic (exact) mass is 790 g/mol. The van der Waals surface area contributed by atoms with Crippen molar-refractivity contribution in [1.29, 1.82) is 0 Å². The average molecular weight is 790 g/mol. The van der Waals surface area contributed by atoms with Crippen molar-refractivity contribution in [2.24, 2.45) is 0 Å². The molecule has 5 atom stereocenters. The molecule has 4 saturated carbocycles. The Balaban J connectivity index is 0.000000374. The second kappa shape index (κ2) is 23.9. The second-order valence-corrected chi connectivity index (χ2v) is 17.6. The van der Waals surface area contributed by atoms with E-state index in [2.05, 4.69) is 99.9 Å². The maximum atomic E-state index is 2.91. The Kier molecular flexibility index (Phi) is 23.2.